The number of aromatic nitrogens is 2. The van der Waals surface area contributed by atoms with Gasteiger partial charge >= 0.3 is 0 Å². The molecule has 3 aromatic rings. The van der Waals surface area contributed by atoms with Gasteiger partial charge in [0.15, 0.2) is 0 Å². The fourth-order valence-corrected chi connectivity index (χ4v) is 5.07. The van der Waals surface area contributed by atoms with Crippen LogP contribution >= 0.6 is 11.6 Å². The van der Waals surface area contributed by atoms with Gasteiger partial charge in [-0.15, -0.1) is 0 Å². The number of piperazine rings is 1. The molecular formula is C26H30ClN5O3. The Labute approximate surface area is 210 Å². The molecule has 2 saturated heterocycles. The summed E-state index contributed by atoms with van der Waals surface area (Å²) in [6, 6.07) is 15.4. The van der Waals surface area contributed by atoms with Gasteiger partial charge in [-0.05, 0) is 55.8 Å². The highest BCUT2D eigenvalue weighted by atomic mass is 35.5. The summed E-state index contributed by atoms with van der Waals surface area (Å²) < 4.78 is 11.0. The fraction of sp³-hybridized carbons (Fsp3) is 0.423. The third-order valence-electron chi connectivity index (χ3n) is 6.80. The van der Waals surface area contributed by atoms with Crippen molar-refractivity contribution in [3.63, 3.8) is 0 Å². The van der Waals surface area contributed by atoms with Gasteiger partial charge in [0.1, 0.15) is 5.75 Å². The van der Waals surface area contributed by atoms with Gasteiger partial charge in [0.05, 0.1) is 25.3 Å². The van der Waals surface area contributed by atoms with E-state index in [4.69, 9.17) is 20.9 Å². The summed E-state index contributed by atoms with van der Waals surface area (Å²) in [6.07, 6.45) is 1.90. The molecule has 3 heterocycles. The number of rotatable bonds is 6. The fourth-order valence-electron chi connectivity index (χ4n) is 4.94. The van der Waals surface area contributed by atoms with Gasteiger partial charge in [0, 0.05) is 43.3 Å². The van der Waals surface area contributed by atoms with E-state index in [1.54, 1.807) is 7.11 Å². The summed E-state index contributed by atoms with van der Waals surface area (Å²) in [7, 11) is 1.69. The maximum absolute atomic E-state index is 13.3. The second-order valence-electron chi connectivity index (χ2n) is 9.08. The highest BCUT2D eigenvalue weighted by Gasteiger charge is 2.32. The van der Waals surface area contributed by atoms with Crippen LogP contribution in [0.5, 0.6) is 5.75 Å². The second kappa shape index (κ2) is 10.7. The number of likely N-dealkylation sites (tertiary alicyclic amines) is 1. The Hall–Kier alpha value is -3.10. The lowest BCUT2D eigenvalue weighted by Crippen LogP contribution is -2.52. The van der Waals surface area contributed by atoms with Crippen molar-refractivity contribution in [1.82, 2.24) is 19.9 Å². The molecule has 184 valence electrons. The number of carbonyl (C=O) groups excluding carboxylic acids is 1. The van der Waals surface area contributed by atoms with E-state index >= 15 is 0 Å². The Morgan fingerprint density at radius 3 is 2.63 bits per heavy atom. The minimum Gasteiger partial charge on any atom is -0.495 e. The number of hydrogen-bond donors (Lipinski definition) is 0. The van der Waals surface area contributed by atoms with E-state index in [2.05, 4.69) is 26.0 Å². The molecular weight excluding hydrogens is 466 g/mol. The first-order chi connectivity index (χ1) is 17.1. The molecule has 2 aliphatic heterocycles. The molecule has 0 bridgehead atoms. The van der Waals surface area contributed by atoms with Crippen molar-refractivity contribution in [2.24, 2.45) is 5.92 Å². The number of anilines is 1. The lowest BCUT2D eigenvalue weighted by molar-refractivity contribution is -0.137. The van der Waals surface area contributed by atoms with E-state index in [1.807, 2.05) is 47.4 Å². The van der Waals surface area contributed by atoms with E-state index in [0.717, 1.165) is 62.6 Å². The van der Waals surface area contributed by atoms with E-state index in [1.165, 1.54) is 0 Å². The van der Waals surface area contributed by atoms with Crippen LogP contribution in [-0.4, -0.2) is 72.2 Å². The zero-order chi connectivity index (χ0) is 24.2. The number of hydrogen-bond acceptors (Lipinski definition) is 7. The van der Waals surface area contributed by atoms with Crippen molar-refractivity contribution in [1.29, 1.82) is 0 Å². The molecule has 0 N–H and O–H groups in total. The number of piperidine rings is 1. The van der Waals surface area contributed by atoms with Crippen molar-refractivity contribution >= 4 is 23.2 Å². The van der Waals surface area contributed by atoms with E-state index in [9.17, 15) is 4.79 Å². The van der Waals surface area contributed by atoms with Crippen molar-refractivity contribution in [2.45, 2.75) is 19.4 Å². The summed E-state index contributed by atoms with van der Waals surface area (Å²) in [4.78, 5) is 24.4. The Morgan fingerprint density at radius 1 is 1.09 bits per heavy atom. The summed E-state index contributed by atoms with van der Waals surface area (Å²) in [5, 5.41) is 4.78. The number of carbonyl (C=O) groups is 1. The Morgan fingerprint density at radius 2 is 1.86 bits per heavy atom. The van der Waals surface area contributed by atoms with Crippen LogP contribution in [0.3, 0.4) is 0 Å². The number of halogens is 1. The molecule has 1 atom stereocenters. The van der Waals surface area contributed by atoms with E-state index < -0.39 is 0 Å². The standard InChI is InChI=1S/C26H30ClN5O3/c1-34-23-7-3-2-6-22(23)31-13-15-32(16-14-31)26(33)20-5-4-12-30(17-20)18-24-28-25(29-35-24)19-8-10-21(27)11-9-19/h2-3,6-11,20H,4-5,12-18H2,1H3. The largest absolute Gasteiger partial charge is 0.495 e. The van der Waals surface area contributed by atoms with Crippen molar-refractivity contribution in [2.75, 3.05) is 51.3 Å². The molecule has 35 heavy (non-hydrogen) atoms. The first-order valence-electron chi connectivity index (χ1n) is 12.1. The van der Waals surface area contributed by atoms with Crippen molar-refractivity contribution < 1.29 is 14.1 Å². The molecule has 8 nitrogen and oxygen atoms in total. The van der Waals surface area contributed by atoms with Gasteiger partial charge in [-0.25, -0.2) is 0 Å². The number of para-hydroxylation sites is 2. The molecule has 9 heteroatoms. The smallest absolute Gasteiger partial charge is 0.241 e. The average molecular weight is 496 g/mol. The van der Waals surface area contributed by atoms with Crippen LogP contribution in [0.25, 0.3) is 11.4 Å². The normalized spacial score (nSPS) is 19.1. The summed E-state index contributed by atoms with van der Waals surface area (Å²) in [5.74, 6) is 2.24. The zero-order valence-electron chi connectivity index (χ0n) is 19.9. The summed E-state index contributed by atoms with van der Waals surface area (Å²) in [5.41, 5.74) is 1.95. The van der Waals surface area contributed by atoms with Gasteiger partial charge in [-0.3, -0.25) is 9.69 Å². The summed E-state index contributed by atoms with van der Waals surface area (Å²) in [6.45, 7) is 5.24. The van der Waals surface area contributed by atoms with Crippen molar-refractivity contribution in [3.8, 4) is 17.1 Å². The quantitative estimate of drug-likeness (QED) is 0.512. The van der Waals surface area contributed by atoms with Crippen LogP contribution in [0, 0.1) is 5.92 Å². The number of nitrogens with zero attached hydrogens (tertiary/aromatic N) is 5. The third-order valence-corrected chi connectivity index (χ3v) is 7.05. The molecule has 2 fully saturated rings. The molecule has 0 aliphatic carbocycles. The predicted molar refractivity (Wildman–Crippen MR) is 135 cm³/mol. The van der Waals surface area contributed by atoms with Crippen LogP contribution in [0.4, 0.5) is 5.69 Å². The third kappa shape index (κ3) is 5.44. The van der Waals surface area contributed by atoms with E-state index in [-0.39, 0.29) is 11.8 Å². The monoisotopic (exact) mass is 495 g/mol. The first-order valence-corrected chi connectivity index (χ1v) is 12.5. The Balaban J connectivity index is 1.15. The van der Waals surface area contributed by atoms with Crippen LogP contribution in [0.1, 0.15) is 18.7 Å². The number of methoxy groups -OCH3 is 1. The van der Waals surface area contributed by atoms with Gasteiger partial charge in [-0.1, -0.05) is 28.9 Å². The second-order valence-corrected chi connectivity index (χ2v) is 9.51. The molecule has 1 amide bonds. The zero-order valence-corrected chi connectivity index (χ0v) is 20.7. The van der Waals surface area contributed by atoms with Crippen LogP contribution in [-0.2, 0) is 11.3 Å². The van der Waals surface area contributed by atoms with Crippen LogP contribution < -0.4 is 9.64 Å². The SMILES string of the molecule is COc1ccccc1N1CCN(C(=O)C2CCCN(Cc3nc(-c4ccc(Cl)cc4)no3)C2)CC1. The molecule has 1 unspecified atom stereocenters. The Kier molecular flexibility index (Phi) is 7.20. The number of ether oxygens (including phenoxy) is 1. The predicted octanol–water partition coefficient (Wildman–Crippen LogP) is 3.96. The minimum absolute atomic E-state index is 0.000202. The number of amides is 1. The lowest BCUT2D eigenvalue weighted by Gasteiger charge is -2.39. The van der Waals surface area contributed by atoms with Gasteiger partial charge in [0.2, 0.25) is 17.6 Å². The Bertz CT molecular complexity index is 1140. The van der Waals surface area contributed by atoms with Crippen LogP contribution in [0.15, 0.2) is 53.1 Å². The topological polar surface area (TPSA) is 74.9 Å². The molecule has 0 radical (unpaired) electrons. The maximum atomic E-state index is 13.3. The first kappa shape index (κ1) is 23.6. The average Bonchev–Trinajstić information content (AvgIpc) is 3.37. The molecule has 5 rings (SSSR count). The molecule has 0 saturated carbocycles. The highest BCUT2D eigenvalue weighted by Crippen LogP contribution is 2.29. The summed E-state index contributed by atoms with van der Waals surface area (Å²) >= 11 is 5.97. The highest BCUT2D eigenvalue weighted by molar-refractivity contribution is 6.30. The molecule has 1 aromatic heterocycles. The van der Waals surface area contributed by atoms with Gasteiger partial charge in [-0.2, -0.15) is 4.98 Å². The van der Waals surface area contributed by atoms with Gasteiger partial charge in [0.25, 0.3) is 0 Å². The maximum Gasteiger partial charge on any atom is 0.241 e. The lowest BCUT2D eigenvalue weighted by atomic mass is 9.96. The minimum atomic E-state index is 0.000202. The number of benzene rings is 2. The van der Waals surface area contributed by atoms with Gasteiger partial charge < -0.3 is 19.1 Å². The van der Waals surface area contributed by atoms with E-state index in [0.29, 0.717) is 29.8 Å². The molecule has 2 aromatic carbocycles. The van der Waals surface area contributed by atoms with Crippen molar-refractivity contribution in [3.05, 3.63) is 59.4 Å². The molecule has 2 aliphatic rings. The van der Waals surface area contributed by atoms with Crippen LogP contribution in [0.2, 0.25) is 5.02 Å². The molecule has 0 spiro atoms.